The van der Waals surface area contributed by atoms with Crippen LogP contribution in [0.1, 0.15) is 23.7 Å². The molecule has 2 aromatic carbocycles. The number of benzene rings is 2. The van der Waals surface area contributed by atoms with Gasteiger partial charge in [0.25, 0.3) is 0 Å². The predicted octanol–water partition coefficient (Wildman–Crippen LogP) is 4.01. The van der Waals surface area contributed by atoms with Crippen molar-refractivity contribution in [3.05, 3.63) is 70.7 Å². The third-order valence-electron chi connectivity index (χ3n) is 2.78. The molecule has 0 fully saturated rings. The lowest BCUT2D eigenvalue weighted by molar-refractivity contribution is 0.168. The van der Waals surface area contributed by atoms with E-state index in [1.807, 2.05) is 42.5 Å². The van der Waals surface area contributed by atoms with Crippen molar-refractivity contribution >= 4 is 11.6 Å². The molecule has 0 saturated heterocycles. The molecular weight excluding hydrogens is 232 g/mol. The Morgan fingerprint density at radius 2 is 1.76 bits per heavy atom. The Kier molecular flexibility index (Phi) is 4.18. The van der Waals surface area contributed by atoms with Crippen molar-refractivity contribution in [2.45, 2.75) is 18.9 Å². The van der Waals surface area contributed by atoms with Crippen LogP contribution in [0.2, 0.25) is 5.02 Å². The van der Waals surface area contributed by atoms with E-state index in [0.29, 0.717) is 11.4 Å². The summed E-state index contributed by atoms with van der Waals surface area (Å²) in [7, 11) is 0. The molecule has 17 heavy (non-hydrogen) atoms. The molecule has 0 saturated carbocycles. The zero-order valence-electron chi connectivity index (χ0n) is 9.51. The van der Waals surface area contributed by atoms with Gasteiger partial charge in [-0.15, -0.1) is 0 Å². The van der Waals surface area contributed by atoms with Crippen molar-refractivity contribution in [2.75, 3.05) is 0 Å². The van der Waals surface area contributed by atoms with Crippen molar-refractivity contribution in [2.24, 2.45) is 0 Å². The molecule has 1 unspecified atom stereocenters. The largest absolute Gasteiger partial charge is 0.388 e. The molecule has 0 aromatic heterocycles. The van der Waals surface area contributed by atoms with Crippen molar-refractivity contribution in [1.82, 2.24) is 0 Å². The highest BCUT2D eigenvalue weighted by molar-refractivity contribution is 6.30. The molecule has 0 bridgehead atoms. The number of rotatable bonds is 4. The van der Waals surface area contributed by atoms with E-state index >= 15 is 0 Å². The van der Waals surface area contributed by atoms with E-state index in [4.69, 9.17) is 11.6 Å². The predicted molar refractivity (Wildman–Crippen MR) is 71.2 cm³/mol. The van der Waals surface area contributed by atoms with Crippen LogP contribution >= 0.6 is 11.6 Å². The van der Waals surface area contributed by atoms with Gasteiger partial charge in [-0.1, -0.05) is 54.1 Å². The highest BCUT2D eigenvalue weighted by Crippen LogP contribution is 2.21. The monoisotopic (exact) mass is 246 g/mol. The van der Waals surface area contributed by atoms with Crippen molar-refractivity contribution in [3.8, 4) is 0 Å². The summed E-state index contributed by atoms with van der Waals surface area (Å²) < 4.78 is 0. The van der Waals surface area contributed by atoms with Crippen LogP contribution in [-0.2, 0) is 6.42 Å². The highest BCUT2D eigenvalue weighted by Gasteiger charge is 2.07. The van der Waals surface area contributed by atoms with Gasteiger partial charge in [-0.05, 0) is 36.1 Å². The maximum Gasteiger partial charge on any atom is 0.0793 e. The van der Waals surface area contributed by atoms with Crippen molar-refractivity contribution in [1.29, 1.82) is 0 Å². The number of aryl methyl sites for hydroxylation is 1. The molecule has 2 rings (SSSR count). The van der Waals surface area contributed by atoms with Crippen LogP contribution in [0.5, 0.6) is 0 Å². The normalized spacial score (nSPS) is 12.4. The van der Waals surface area contributed by atoms with Crippen LogP contribution in [0.15, 0.2) is 54.6 Å². The Morgan fingerprint density at radius 3 is 2.47 bits per heavy atom. The maximum absolute atomic E-state index is 10.0. The number of hydrogen-bond donors (Lipinski definition) is 1. The van der Waals surface area contributed by atoms with E-state index in [0.717, 1.165) is 12.0 Å². The average molecular weight is 247 g/mol. The fourth-order valence-electron chi connectivity index (χ4n) is 1.83. The standard InChI is InChI=1S/C15H15ClO/c16-14-8-4-7-13(11-14)15(17)10-9-12-5-2-1-3-6-12/h1-8,11,15,17H,9-10H2. The number of halogens is 1. The van der Waals surface area contributed by atoms with Crippen molar-refractivity contribution in [3.63, 3.8) is 0 Å². The summed E-state index contributed by atoms with van der Waals surface area (Å²) in [4.78, 5) is 0. The van der Waals surface area contributed by atoms with Gasteiger partial charge in [0, 0.05) is 5.02 Å². The van der Waals surface area contributed by atoms with Crippen molar-refractivity contribution < 1.29 is 5.11 Å². The van der Waals surface area contributed by atoms with E-state index in [2.05, 4.69) is 12.1 Å². The first-order valence-electron chi connectivity index (χ1n) is 5.73. The van der Waals surface area contributed by atoms with E-state index < -0.39 is 6.10 Å². The zero-order valence-corrected chi connectivity index (χ0v) is 10.3. The summed E-state index contributed by atoms with van der Waals surface area (Å²) in [6, 6.07) is 17.6. The summed E-state index contributed by atoms with van der Waals surface area (Å²) in [5, 5.41) is 10.7. The summed E-state index contributed by atoms with van der Waals surface area (Å²) >= 11 is 5.89. The summed E-state index contributed by atoms with van der Waals surface area (Å²) in [6.45, 7) is 0. The highest BCUT2D eigenvalue weighted by atomic mass is 35.5. The van der Waals surface area contributed by atoms with E-state index in [-0.39, 0.29) is 0 Å². The molecule has 0 radical (unpaired) electrons. The lowest BCUT2D eigenvalue weighted by Gasteiger charge is -2.11. The molecule has 0 aliphatic carbocycles. The van der Waals surface area contributed by atoms with Gasteiger partial charge in [0.15, 0.2) is 0 Å². The second-order valence-electron chi connectivity index (χ2n) is 4.10. The van der Waals surface area contributed by atoms with Gasteiger partial charge >= 0.3 is 0 Å². The molecule has 2 heteroatoms. The fraction of sp³-hybridized carbons (Fsp3) is 0.200. The van der Waals surface area contributed by atoms with Gasteiger partial charge in [-0.2, -0.15) is 0 Å². The van der Waals surface area contributed by atoms with E-state index in [9.17, 15) is 5.11 Å². The lowest BCUT2D eigenvalue weighted by atomic mass is 10.0. The van der Waals surface area contributed by atoms with Crippen LogP contribution in [0.3, 0.4) is 0 Å². The molecule has 0 amide bonds. The Morgan fingerprint density at radius 1 is 1.00 bits per heavy atom. The lowest BCUT2D eigenvalue weighted by Crippen LogP contribution is -1.99. The van der Waals surface area contributed by atoms with Crippen LogP contribution in [-0.4, -0.2) is 5.11 Å². The SMILES string of the molecule is OC(CCc1ccccc1)c1cccc(Cl)c1. The smallest absolute Gasteiger partial charge is 0.0793 e. The number of aliphatic hydroxyl groups is 1. The van der Waals surface area contributed by atoms with E-state index in [1.54, 1.807) is 0 Å². The number of aliphatic hydroxyl groups excluding tert-OH is 1. The second kappa shape index (κ2) is 5.85. The third kappa shape index (κ3) is 3.58. The van der Waals surface area contributed by atoms with Gasteiger partial charge in [0.05, 0.1) is 6.10 Å². The second-order valence-corrected chi connectivity index (χ2v) is 4.53. The zero-order chi connectivity index (χ0) is 12.1. The Hall–Kier alpha value is -1.31. The minimum atomic E-state index is -0.450. The molecule has 1 nitrogen and oxygen atoms in total. The first-order chi connectivity index (χ1) is 8.25. The quantitative estimate of drug-likeness (QED) is 0.864. The first kappa shape index (κ1) is 12.2. The van der Waals surface area contributed by atoms with Gasteiger partial charge < -0.3 is 5.11 Å². The third-order valence-corrected chi connectivity index (χ3v) is 3.02. The molecule has 0 heterocycles. The van der Waals surface area contributed by atoms with Crippen LogP contribution in [0.25, 0.3) is 0 Å². The Labute approximate surface area is 107 Å². The van der Waals surface area contributed by atoms with Crippen LogP contribution in [0.4, 0.5) is 0 Å². The molecule has 2 aromatic rings. The molecule has 88 valence electrons. The maximum atomic E-state index is 10.0. The summed E-state index contributed by atoms with van der Waals surface area (Å²) in [5.41, 5.74) is 2.13. The van der Waals surface area contributed by atoms with Crippen LogP contribution in [0, 0.1) is 0 Å². The van der Waals surface area contributed by atoms with Gasteiger partial charge in [-0.25, -0.2) is 0 Å². The molecule has 1 N–H and O–H groups in total. The summed E-state index contributed by atoms with van der Waals surface area (Å²) in [5.74, 6) is 0. The molecule has 1 atom stereocenters. The summed E-state index contributed by atoms with van der Waals surface area (Å²) in [6.07, 6.45) is 1.13. The first-order valence-corrected chi connectivity index (χ1v) is 6.11. The Balaban J connectivity index is 1.96. The molecule has 0 aliphatic rings. The molecule has 0 spiro atoms. The van der Waals surface area contributed by atoms with E-state index in [1.165, 1.54) is 5.56 Å². The minimum absolute atomic E-state index is 0.450. The van der Waals surface area contributed by atoms with Gasteiger partial charge in [-0.3, -0.25) is 0 Å². The van der Waals surface area contributed by atoms with Gasteiger partial charge in [0.1, 0.15) is 0 Å². The average Bonchev–Trinajstić information content (AvgIpc) is 2.37. The fourth-order valence-corrected chi connectivity index (χ4v) is 2.03. The Bertz CT molecular complexity index is 467. The minimum Gasteiger partial charge on any atom is -0.388 e. The van der Waals surface area contributed by atoms with Crippen LogP contribution < -0.4 is 0 Å². The van der Waals surface area contributed by atoms with Gasteiger partial charge in [0.2, 0.25) is 0 Å². The molecular formula is C15H15ClO. The molecule has 0 aliphatic heterocycles. The number of hydrogen-bond acceptors (Lipinski definition) is 1. The topological polar surface area (TPSA) is 20.2 Å².